The zero-order chi connectivity index (χ0) is 15.8. The van der Waals surface area contributed by atoms with Crippen LogP contribution in [0.4, 0.5) is 0 Å². The molecular formula is C19H34O2. The minimum Gasteiger partial charge on any atom is -0.392 e. The van der Waals surface area contributed by atoms with Crippen LogP contribution in [0.15, 0.2) is 11.6 Å². The molecule has 1 heterocycles. The van der Waals surface area contributed by atoms with Crippen molar-refractivity contribution in [1.82, 2.24) is 0 Å². The maximum atomic E-state index is 10.7. The van der Waals surface area contributed by atoms with E-state index in [0.29, 0.717) is 11.8 Å². The fraction of sp³-hybridized carbons (Fsp3) is 0.895. The number of rotatable bonds is 5. The minimum atomic E-state index is -0.168. The third-order valence-electron chi connectivity index (χ3n) is 5.65. The van der Waals surface area contributed by atoms with E-state index in [1.807, 2.05) is 0 Å². The summed E-state index contributed by atoms with van der Waals surface area (Å²) in [5.74, 6) is 1.37. The average molecular weight is 294 g/mol. The van der Waals surface area contributed by atoms with Crippen molar-refractivity contribution in [2.45, 2.75) is 66.9 Å². The number of aliphatic hydroxyl groups excluding tert-OH is 1. The van der Waals surface area contributed by atoms with Crippen LogP contribution in [0, 0.1) is 28.6 Å². The van der Waals surface area contributed by atoms with Gasteiger partial charge in [-0.15, -0.1) is 0 Å². The van der Waals surface area contributed by atoms with Crippen LogP contribution in [0.1, 0.15) is 60.8 Å². The minimum absolute atomic E-state index is 0.168. The van der Waals surface area contributed by atoms with Crippen molar-refractivity contribution in [3.05, 3.63) is 11.6 Å². The summed E-state index contributed by atoms with van der Waals surface area (Å²) in [5.41, 5.74) is 1.82. The first kappa shape index (κ1) is 17.0. The molecular weight excluding hydrogens is 260 g/mol. The summed E-state index contributed by atoms with van der Waals surface area (Å²) in [6, 6.07) is 0. The molecule has 1 saturated carbocycles. The second-order valence-corrected chi connectivity index (χ2v) is 9.03. The molecule has 0 radical (unpaired) electrons. The van der Waals surface area contributed by atoms with Gasteiger partial charge in [-0.05, 0) is 48.9 Å². The topological polar surface area (TPSA) is 29.5 Å². The van der Waals surface area contributed by atoms with E-state index < -0.39 is 0 Å². The number of aliphatic hydroxyl groups is 1. The Morgan fingerprint density at radius 2 is 1.95 bits per heavy atom. The van der Waals surface area contributed by atoms with Gasteiger partial charge >= 0.3 is 0 Å². The molecule has 1 aliphatic carbocycles. The summed E-state index contributed by atoms with van der Waals surface area (Å²) >= 11 is 0. The molecule has 2 aliphatic rings. The molecule has 3 unspecified atom stereocenters. The van der Waals surface area contributed by atoms with Gasteiger partial charge in [-0.1, -0.05) is 46.3 Å². The molecule has 1 N–H and O–H groups in total. The van der Waals surface area contributed by atoms with Gasteiger partial charge in [0.25, 0.3) is 0 Å². The second kappa shape index (κ2) is 6.04. The van der Waals surface area contributed by atoms with E-state index in [2.05, 4.69) is 47.6 Å². The number of allylic oxidation sites excluding steroid dienone is 1. The van der Waals surface area contributed by atoms with Crippen molar-refractivity contribution in [2.75, 3.05) is 13.2 Å². The summed E-state index contributed by atoms with van der Waals surface area (Å²) in [6.45, 7) is 15.3. The van der Waals surface area contributed by atoms with Crippen molar-refractivity contribution in [1.29, 1.82) is 0 Å². The van der Waals surface area contributed by atoms with Crippen molar-refractivity contribution < 1.29 is 9.84 Å². The van der Waals surface area contributed by atoms with Crippen molar-refractivity contribution in [2.24, 2.45) is 28.6 Å². The third kappa shape index (κ3) is 4.32. The van der Waals surface area contributed by atoms with E-state index in [4.69, 9.17) is 4.74 Å². The quantitative estimate of drug-likeness (QED) is 0.760. The normalized spacial score (nSPS) is 29.5. The lowest BCUT2D eigenvalue weighted by molar-refractivity contribution is 0.0844. The van der Waals surface area contributed by atoms with Gasteiger partial charge in [0.15, 0.2) is 0 Å². The maximum Gasteiger partial charge on any atom is 0.0631 e. The molecule has 0 aromatic carbocycles. The number of hydrogen-bond acceptors (Lipinski definition) is 2. The zero-order valence-corrected chi connectivity index (χ0v) is 14.8. The monoisotopic (exact) mass is 294 g/mol. The molecule has 0 aromatic rings. The highest BCUT2D eigenvalue weighted by Crippen LogP contribution is 2.43. The van der Waals surface area contributed by atoms with Crippen LogP contribution in [-0.2, 0) is 4.74 Å². The number of ether oxygens (including phenoxy) is 1. The molecule has 2 nitrogen and oxygen atoms in total. The Balaban J connectivity index is 2.12. The molecule has 2 rings (SSSR count). The second-order valence-electron chi connectivity index (χ2n) is 9.03. The van der Waals surface area contributed by atoms with Gasteiger partial charge in [0.05, 0.1) is 19.3 Å². The van der Waals surface area contributed by atoms with Crippen molar-refractivity contribution >= 4 is 0 Å². The highest BCUT2D eigenvalue weighted by Gasteiger charge is 2.41. The van der Waals surface area contributed by atoms with E-state index in [0.717, 1.165) is 19.6 Å². The Morgan fingerprint density at radius 3 is 2.38 bits per heavy atom. The van der Waals surface area contributed by atoms with Crippen molar-refractivity contribution in [3.8, 4) is 0 Å². The third-order valence-corrected chi connectivity index (χ3v) is 5.65. The lowest BCUT2D eigenvalue weighted by Gasteiger charge is -2.31. The van der Waals surface area contributed by atoms with E-state index in [9.17, 15) is 5.11 Å². The van der Waals surface area contributed by atoms with Gasteiger partial charge < -0.3 is 9.84 Å². The molecule has 0 aromatic heterocycles. The molecule has 122 valence electrons. The molecule has 0 bridgehead atoms. The van der Waals surface area contributed by atoms with Gasteiger partial charge in [0.2, 0.25) is 0 Å². The van der Waals surface area contributed by atoms with E-state index in [-0.39, 0.29) is 22.9 Å². The van der Waals surface area contributed by atoms with Gasteiger partial charge in [-0.2, -0.15) is 0 Å². The highest BCUT2D eigenvalue weighted by molar-refractivity contribution is 5.12. The first-order valence-corrected chi connectivity index (χ1v) is 8.56. The molecule has 0 spiro atoms. The summed E-state index contributed by atoms with van der Waals surface area (Å²) in [6.07, 6.45) is 5.64. The van der Waals surface area contributed by atoms with Crippen molar-refractivity contribution in [3.63, 3.8) is 0 Å². The molecule has 1 saturated heterocycles. The molecule has 1 aliphatic heterocycles. The van der Waals surface area contributed by atoms with Crippen LogP contribution in [0.3, 0.4) is 0 Å². The summed E-state index contributed by atoms with van der Waals surface area (Å²) in [5, 5.41) is 10.7. The Bertz CT molecular complexity index is 385. The molecule has 3 atom stereocenters. The van der Waals surface area contributed by atoms with Gasteiger partial charge in [0, 0.05) is 5.92 Å². The standard InChI is InChI=1S/C19H34O2/c1-13(18(2,3)4)9-15(17(20)14-7-8-14)10-16-11-21-12-19(16,5)6/h9,14-17,20H,7-8,10-12H2,1-6H3/b13-9+. The van der Waals surface area contributed by atoms with Gasteiger partial charge in [-0.25, -0.2) is 0 Å². The Morgan fingerprint density at radius 1 is 1.33 bits per heavy atom. The molecule has 2 fully saturated rings. The van der Waals surface area contributed by atoms with Crippen LogP contribution in [0.2, 0.25) is 0 Å². The lowest BCUT2D eigenvalue weighted by atomic mass is 9.74. The average Bonchev–Trinajstić information content (AvgIpc) is 3.13. The van der Waals surface area contributed by atoms with Crippen LogP contribution in [0.25, 0.3) is 0 Å². The highest BCUT2D eigenvalue weighted by atomic mass is 16.5. The Labute approximate surface area is 131 Å². The molecule has 0 amide bonds. The molecule has 21 heavy (non-hydrogen) atoms. The van der Waals surface area contributed by atoms with Crippen LogP contribution >= 0.6 is 0 Å². The predicted octanol–water partition coefficient (Wildman–Crippen LogP) is 4.43. The Hall–Kier alpha value is -0.340. The maximum absolute atomic E-state index is 10.7. The van der Waals surface area contributed by atoms with E-state index in [1.54, 1.807) is 0 Å². The van der Waals surface area contributed by atoms with Gasteiger partial charge in [0.1, 0.15) is 0 Å². The first-order valence-electron chi connectivity index (χ1n) is 8.56. The number of hydrogen-bond donors (Lipinski definition) is 1. The van der Waals surface area contributed by atoms with Crippen LogP contribution in [0.5, 0.6) is 0 Å². The van der Waals surface area contributed by atoms with E-state index >= 15 is 0 Å². The fourth-order valence-electron chi connectivity index (χ4n) is 3.19. The summed E-state index contributed by atoms with van der Waals surface area (Å²) in [4.78, 5) is 0. The smallest absolute Gasteiger partial charge is 0.0631 e. The largest absolute Gasteiger partial charge is 0.392 e. The predicted molar refractivity (Wildman–Crippen MR) is 88.1 cm³/mol. The summed E-state index contributed by atoms with van der Waals surface area (Å²) < 4.78 is 5.70. The van der Waals surface area contributed by atoms with Gasteiger partial charge in [-0.3, -0.25) is 0 Å². The van der Waals surface area contributed by atoms with Crippen LogP contribution < -0.4 is 0 Å². The van der Waals surface area contributed by atoms with Crippen LogP contribution in [-0.4, -0.2) is 24.4 Å². The SMILES string of the molecule is C/C(=C\C(CC1COCC1(C)C)C(O)C1CC1)C(C)(C)C. The fourth-order valence-corrected chi connectivity index (χ4v) is 3.19. The van der Waals surface area contributed by atoms with E-state index in [1.165, 1.54) is 18.4 Å². The molecule has 2 heteroatoms. The first-order chi connectivity index (χ1) is 9.61. The lowest BCUT2D eigenvalue weighted by Crippen LogP contribution is -2.30. The Kier molecular flexibility index (Phi) is 4.90. The summed E-state index contributed by atoms with van der Waals surface area (Å²) in [7, 11) is 0. The zero-order valence-electron chi connectivity index (χ0n) is 14.8.